The lowest BCUT2D eigenvalue weighted by Gasteiger charge is -2.22. The molecule has 0 spiro atoms. The highest BCUT2D eigenvalue weighted by molar-refractivity contribution is 7.91. The van der Waals surface area contributed by atoms with E-state index in [2.05, 4.69) is 18.9 Å². The van der Waals surface area contributed by atoms with E-state index in [9.17, 15) is 8.42 Å². The van der Waals surface area contributed by atoms with Crippen molar-refractivity contribution < 1.29 is 8.42 Å². The fourth-order valence-electron chi connectivity index (χ4n) is 2.25. The molecule has 1 aliphatic heterocycles. The van der Waals surface area contributed by atoms with E-state index in [0.29, 0.717) is 17.9 Å². The molecule has 0 bridgehead atoms. The minimum atomic E-state index is -2.85. The maximum Gasteiger partial charge on any atom is 0.199 e. The second kappa shape index (κ2) is 5.34. The van der Waals surface area contributed by atoms with Crippen molar-refractivity contribution >= 4 is 22.1 Å². The summed E-state index contributed by atoms with van der Waals surface area (Å²) in [4.78, 5) is 2.01. The van der Waals surface area contributed by atoms with Crippen LogP contribution in [0.15, 0.2) is 6.33 Å². The van der Waals surface area contributed by atoms with Crippen molar-refractivity contribution in [3.8, 4) is 0 Å². The van der Waals surface area contributed by atoms with Crippen LogP contribution in [0.2, 0.25) is 0 Å². The van der Waals surface area contributed by atoms with E-state index >= 15 is 0 Å². The summed E-state index contributed by atoms with van der Waals surface area (Å²) >= 11 is 5.36. The Morgan fingerprint density at radius 1 is 1.58 bits per heavy atom. The summed E-state index contributed by atoms with van der Waals surface area (Å²) in [7, 11) is -0.935. The Kier molecular flexibility index (Phi) is 4.12. The zero-order chi connectivity index (χ0) is 14.2. The van der Waals surface area contributed by atoms with Gasteiger partial charge < -0.3 is 4.57 Å². The molecule has 0 radical (unpaired) electrons. The summed E-state index contributed by atoms with van der Waals surface area (Å²) in [5.41, 5.74) is 0. The smallest absolute Gasteiger partial charge is 0.199 e. The first-order chi connectivity index (χ1) is 8.80. The summed E-state index contributed by atoms with van der Waals surface area (Å²) in [5, 5.41) is 4.27. The number of rotatable bonds is 4. The van der Waals surface area contributed by atoms with E-state index in [1.807, 2.05) is 16.5 Å². The van der Waals surface area contributed by atoms with Crippen LogP contribution in [0.3, 0.4) is 0 Å². The minimum absolute atomic E-state index is 0.0658. The maximum atomic E-state index is 11.5. The van der Waals surface area contributed by atoms with E-state index in [-0.39, 0.29) is 23.6 Å². The molecule has 0 amide bonds. The van der Waals surface area contributed by atoms with Gasteiger partial charge in [0.1, 0.15) is 6.33 Å². The average molecular weight is 304 g/mol. The van der Waals surface area contributed by atoms with Gasteiger partial charge in [-0.3, -0.25) is 4.90 Å². The Bertz CT molecular complexity index is 602. The van der Waals surface area contributed by atoms with Crippen LogP contribution < -0.4 is 0 Å². The highest BCUT2D eigenvalue weighted by Gasteiger charge is 2.30. The van der Waals surface area contributed by atoms with Gasteiger partial charge in [-0.05, 0) is 39.5 Å². The first-order valence-corrected chi connectivity index (χ1v) is 8.58. The molecule has 1 aromatic rings. The number of hydrogen-bond acceptors (Lipinski definition) is 5. The minimum Gasteiger partial charge on any atom is -0.304 e. The van der Waals surface area contributed by atoms with Gasteiger partial charge in [-0.2, -0.15) is 5.10 Å². The number of aromatic nitrogens is 3. The predicted octanol–water partition coefficient (Wildman–Crippen LogP) is 1.07. The molecule has 0 aliphatic carbocycles. The Morgan fingerprint density at radius 2 is 2.26 bits per heavy atom. The van der Waals surface area contributed by atoms with E-state index in [0.717, 1.165) is 0 Å². The molecule has 6 nitrogen and oxygen atoms in total. The van der Waals surface area contributed by atoms with E-state index in [1.165, 1.54) is 0 Å². The number of nitrogens with zero attached hydrogens (tertiary/aromatic N) is 4. The lowest BCUT2D eigenvalue weighted by Crippen LogP contribution is -2.34. The Hall–Kier alpha value is -0.730. The highest BCUT2D eigenvalue weighted by atomic mass is 32.2. The molecular weight excluding hydrogens is 284 g/mol. The molecule has 1 saturated heterocycles. The zero-order valence-corrected chi connectivity index (χ0v) is 13.1. The SMILES string of the molecule is CC(C)n1cnn(CN(C)C2CCS(=O)(=O)C2)c1=S. The van der Waals surface area contributed by atoms with Crippen molar-refractivity contribution in [3.63, 3.8) is 0 Å². The van der Waals surface area contributed by atoms with Crippen LogP contribution in [-0.2, 0) is 16.5 Å². The summed E-state index contributed by atoms with van der Waals surface area (Å²) in [6.07, 6.45) is 2.42. The van der Waals surface area contributed by atoms with Crippen LogP contribution in [-0.4, -0.2) is 52.3 Å². The first kappa shape index (κ1) is 14.7. The first-order valence-electron chi connectivity index (χ1n) is 6.35. The van der Waals surface area contributed by atoms with Crippen molar-refractivity contribution in [3.05, 3.63) is 11.1 Å². The summed E-state index contributed by atoms with van der Waals surface area (Å²) in [6.45, 7) is 4.63. The lowest BCUT2D eigenvalue weighted by atomic mass is 10.2. The van der Waals surface area contributed by atoms with Crippen LogP contribution in [0.5, 0.6) is 0 Å². The molecule has 0 saturated carbocycles. The van der Waals surface area contributed by atoms with E-state index in [4.69, 9.17) is 12.2 Å². The molecule has 0 N–H and O–H groups in total. The summed E-state index contributed by atoms with van der Waals surface area (Å²) in [6, 6.07) is 0.342. The third-order valence-corrected chi connectivity index (χ3v) is 5.67. The molecule has 1 aliphatic rings. The molecule has 19 heavy (non-hydrogen) atoms. The van der Waals surface area contributed by atoms with Crippen molar-refractivity contribution in [1.29, 1.82) is 0 Å². The molecule has 1 atom stereocenters. The predicted molar refractivity (Wildman–Crippen MR) is 76.3 cm³/mol. The van der Waals surface area contributed by atoms with Gasteiger partial charge in [-0.25, -0.2) is 13.1 Å². The average Bonchev–Trinajstić information content (AvgIpc) is 2.83. The molecule has 2 heterocycles. The van der Waals surface area contributed by atoms with Gasteiger partial charge in [0, 0.05) is 12.1 Å². The van der Waals surface area contributed by atoms with Crippen molar-refractivity contribution in [2.75, 3.05) is 18.6 Å². The second-order valence-electron chi connectivity index (χ2n) is 5.37. The van der Waals surface area contributed by atoms with E-state index < -0.39 is 9.84 Å². The van der Waals surface area contributed by atoms with Crippen molar-refractivity contribution in [2.45, 2.75) is 39.0 Å². The highest BCUT2D eigenvalue weighted by Crippen LogP contribution is 2.17. The Balaban J connectivity index is 2.08. The normalized spacial score (nSPS) is 22.5. The van der Waals surface area contributed by atoms with Gasteiger partial charge in [-0.1, -0.05) is 0 Å². The van der Waals surface area contributed by atoms with Crippen molar-refractivity contribution in [1.82, 2.24) is 19.2 Å². The quantitative estimate of drug-likeness (QED) is 0.779. The third-order valence-electron chi connectivity index (χ3n) is 3.50. The fourth-order valence-corrected chi connectivity index (χ4v) is 4.42. The van der Waals surface area contributed by atoms with Gasteiger partial charge in [0.15, 0.2) is 14.6 Å². The monoisotopic (exact) mass is 304 g/mol. The molecule has 8 heteroatoms. The standard InChI is InChI=1S/C11H20N4O2S2/c1-9(2)14-7-12-15(11(14)18)8-13(3)10-4-5-19(16,17)6-10/h7,9-10H,4-6,8H2,1-3H3. The Morgan fingerprint density at radius 3 is 2.74 bits per heavy atom. The lowest BCUT2D eigenvalue weighted by molar-refractivity contribution is 0.196. The summed E-state index contributed by atoms with van der Waals surface area (Å²) in [5.74, 6) is 0.523. The van der Waals surface area contributed by atoms with Crippen LogP contribution in [0.4, 0.5) is 0 Å². The van der Waals surface area contributed by atoms with Gasteiger partial charge in [-0.15, -0.1) is 0 Å². The fraction of sp³-hybridized carbons (Fsp3) is 0.818. The molecule has 0 aromatic carbocycles. The molecule has 1 unspecified atom stereocenters. The van der Waals surface area contributed by atoms with Gasteiger partial charge in [0.2, 0.25) is 0 Å². The van der Waals surface area contributed by atoms with Crippen LogP contribution >= 0.6 is 12.2 Å². The molecular formula is C11H20N4O2S2. The third kappa shape index (κ3) is 3.24. The van der Waals surface area contributed by atoms with Gasteiger partial charge in [0.05, 0.1) is 18.2 Å². The summed E-state index contributed by atoms with van der Waals surface area (Å²) < 4.78 is 27.3. The van der Waals surface area contributed by atoms with Gasteiger partial charge in [0.25, 0.3) is 0 Å². The number of sulfone groups is 1. The van der Waals surface area contributed by atoms with Crippen LogP contribution in [0.25, 0.3) is 0 Å². The van der Waals surface area contributed by atoms with Crippen LogP contribution in [0, 0.1) is 4.77 Å². The zero-order valence-electron chi connectivity index (χ0n) is 11.5. The van der Waals surface area contributed by atoms with Crippen molar-refractivity contribution in [2.24, 2.45) is 0 Å². The number of hydrogen-bond donors (Lipinski definition) is 0. The molecule has 1 aromatic heterocycles. The molecule has 108 valence electrons. The molecule has 1 fully saturated rings. The second-order valence-corrected chi connectivity index (χ2v) is 7.96. The maximum absolute atomic E-state index is 11.5. The van der Waals surface area contributed by atoms with Crippen LogP contribution in [0.1, 0.15) is 26.3 Å². The van der Waals surface area contributed by atoms with E-state index in [1.54, 1.807) is 11.0 Å². The molecule has 2 rings (SSSR count). The largest absolute Gasteiger partial charge is 0.304 e. The van der Waals surface area contributed by atoms with Gasteiger partial charge >= 0.3 is 0 Å². The topological polar surface area (TPSA) is 60.1 Å². The Labute approximate surface area is 118 Å².